The van der Waals surface area contributed by atoms with Crippen LogP contribution in [0.2, 0.25) is 0 Å². The van der Waals surface area contributed by atoms with Gasteiger partial charge in [0, 0.05) is 19.0 Å². The van der Waals surface area contributed by atoms with Gasteiger partial charge in [0.25, 0.3) is 0 Å². The van der Waals surface area contributed by atoms with E-state index in [1.165, 1.54) is 7.11 Å². The fraction of sp³-hybridized carbons (Fsp3) is 0.556. The molecule has 1 saturated heterocycles. The van der Waals surface area contributed by atoms with Crippen molar-refractivity contribution in [3.8, 4) is 0 Å². The van der Waals surface area contributed by atoms with Gasteiger partial charge in [-0.25, -0.2) is 0 Å². The van der Waals surface area contributed by atoms with E-state index in [9.17, 15) is 9.59 Å². The summed E-state index contributed by atoms with van der Waals surface area (Å²) >= 11 is 0. The van der Waals surface area contributed by atoms with Crippen molar-refractivity contribution in [2.45, 2.75) is 32.2 Å². The van der Waals surface area contributed by atoms with Gasteiger partial charge >= 0.3 is 5.97 Å². The summed E-state index contributed by atoms with van der Waals surface area (Å²) in [5, 5.41) is 0. The molecule has 0 radical (unpaired) electrons. The van der Waals surface area contributed by atoms with Crippen LogP contribution in [0.15, 0.2) is 30.3 Å². The van der Waals surface area contributed by atoms with Crippen molar-refractivity contribution in [3.05, 3.63) is 35.9 Å². The number of amides is 1. The summed E-state index contributed by atoms with van der Waals surface area (Å²) in [6, 6.07) is 9.45. The van der Waals surface area contributed by atoms with Crippen LogP contribution in [0.1, 0.15) is 31.7 Å². The molecule has 0 bridgehead atoms. The van der Waals surface area contributed by atoms with Crippen LogP contribution in [0.25, 0.3) is 0 Å². The molecular weight excluding hydrogens is 292 g/mol. The summed E-state index contributed by atoms with van der Waals surface area (Å²) < 4.78 is 4.90. The van der Waals surface area contributed by atoms with E-state index in [0.29, 0.717) is 19.5 Å². The highest BCUT2D eigenvalue weighted by Crippen LogP contribution is 2.31. The Hall–Kier alpha value is -1.88. The van der Waals surface area contributed by atoms with Crippen LogP contribution in [0.3, 0.4) is 0 Å². The highest BCUT2D eigenvalue weighted by Gasteiger charge is 2.36. The van der Waals surface area contributed by atoms with Crippen LogP contribution in [-0.2, 0) is 14.3 Å². The summed E-state index contributed by atoms with van der Waals surface area (Å²) in [6.45, 7) is 4.84. The summed E-state index contributed by atoms with van der Waals surface area (Å²) in [5.41, 5.74) is 7.16. The largest absolute Gasteiger partial charge is 0.469 e. The molecule has 0 aliphatic carbocycles. The van der Waals surface area contributed by atoms with Gasteiger partial charge in [-0.1, -0.05) is 44.2 Å². The third-order valence-electron chi connectivity index (χ3n) is 4.57. The highest BCUT2D eigenvalue weighted by molar-refractivity contribution is 5.83. The number of likely N-dealkylation sites (tertiary alicyclic amines) is 1. The van der Waals surface area contributed by atoms with E-state index in [2.05, 4.69) is 0 Å². The fourth-order valence-electron chi connectivity index (χ4n) is 3.08. The second-order valence-corrected chi connectivity index (χ2v) is 6.58. The van der Waals surface area contributed by atoms with Crippen LogP contribution in [0.5, 0.6) is 0 Å². The fourth-order valence-corrected chi connectivity index (χ4v) is 3.08. The van der Waals surface area contributed by atoms with Crippen molar-refractivity contribution in [1.82, 2.24) is 4.90 Å². The first-order valence-corrected chi connectivity index (χ1v) is 8.11. The molecule has 2 rings (SSSR count). The minimum atomic E-state index is -0.539. The van der Waals surface area contributed by atoms with Crippen molar-refractivity contribution < 1.29 is 14.3 Å². The molecule has 5 heteroatoms. The maximum atomic E-state index is 12.6. The molecule has 3 atom stereocenters. The molecule has 0 aromatic heterocycles. The third kappa shape index (κ3) is 4.10. The molecular formula is C18H26N2O3. The zero-order valence-corrected chi connectivity index (χ0v) is 14.1. The minimum Gasteiger partial charge on any atom is -0.469 e. The molecule has 1 fully saturated rings. The lowest BCUT2D eigenvalue weighted by Crippen LogP contribution is -2.52. The Labute approximate surface area is 137 Å². The molecule has 0 spiro atoms. The third-order valence-corrected chi connectivity index (χ3v) is 4.57. The van der Waals surface area contributed by atoms with Gasteiger partial charge in [0.2, 0.25) is 5.91 Å². The van der Waals surface area contributed by atoms with E-state index in [1.54, 1.807) is 4.90 Å². The van der Waals surface area contributed by atoms with E-state index >= 15 is 0 Å². The van der Waals surface area contributed by atoms with Crippen molar-refractivity contribution >= 4 is 11.9 Å². The first kappa shape index (κ1) is 17.5. The van der Waals surface area contributed by atoms with E-state index in [4.69, 9.17) is 10.5 Å². The number of methoxy groups -OCH3 is 1. The zero-order valence-electron chi connectivity index (χ0n) is 14.1. The number of ether oxygens (including phenoxy) is 1. The number of nitrogens with zero attached hydrogens (tertiary/aromatic N) is 1. The van der Waals surface area contributed by atoms with Crippen molar-refractivity contribution in [3.63, 3.8) is 0 Å². The predicted octanol–water partition coefficient (Wildman–Crippen LogP) is 1.77. The second kappa shape index (κ2) is 7.59. The molecule has 0 saturated carbocycles. The smallest absolute Gasteiger partial charge is 0.310 e. The van der Waals surface area contributed by atoms with E-state index in [1.807, 2.05) is 44.2 Å². The number of esters is 1. The van der Waals surface area contributed by atoms with Gasteiger partial charge in [-0.2, -0.15) is 0 Å². The lowest BCUT2D eigenvalue weighted by molar-refractivity contribution is -0.149. The number of hydrogen-bond acceptors (Lipinski definition) is 4. The number of benzene rings is 1. The summed E-state index contributed by atoms with van der Waals surface area (Å²) in [4.78, 5) is 26.4. The maximum Gasteiger partial charge on any atom is 0.310 e. The first-order valence-electron chi connectivity index (χ1n) is 8.11. The lowest BCUT2D eigenvalue weighted by atomic mass is 9.84. The van der Waals surface area contributed by atoms with Gasteiger partial charge in [0.05, 0.1) is 19.1 Å². The SMILES string of the molecule is COC(=O)[C@H]1C[C@H](c2ccccc2)CN(C(=O)[C@@H](N)C(C)C)C1. The molecule has 0 unspecified atom stereocenters. The van der Waals surface area contributed by atoms with E-state index in [0.717, 1.165) is 5.56 Å². The molecule has 23 heavy (non-hydrogen) atoms. The van der Waals surface area contributed by atoms with Gasteiger partial charge < -0.3 is 15.4 Å². The summed E-state index contributed by atoms with van der Waals surface area (Å²) in [7, 11) is 1.39. The number of hydrogen-bond donors (Lipinski definition) is 1. The normalized spacial score (nSPS) is 22.7. The van der Waals surface area contributed by atoms with Gasteiger partial charge in [-0.3, -0.25) is 9.59 Å². The Balaban J connectivity index is 2.22. The molecule has 1 aliphatic rings. The Morgan fingerprint density at radius 2 is 1.87 bits per heavy atom. The molecule has 126 valence electrons. The van der Waals surface area contributed by atoms with Crippen LogP contribution in [-0.4, -0.2) is 43.0 Å². The maximum absolute atomic E-state index is 12.6. The monoisotopic (exact) mass is 318 g/mol. The summed E-state index contributed by atoms with van der Waals surface area (Å²) in [5.74, 6) is -0.466. The number of piperidine rings is 1. The molecule has 1 aromatic carbocycles. The zero-order chi connectivity index (χ0) is 17.0. The Bertz CT molecular complexity index is 544. The standard InChI is InChI=1S/C18H26N2O3/c1-12(2)16(19)17(21)20-10-14(13-7-5-4-6-8-13)9-15(11-20)18(22)23-3/h4-8,12,14-16H,9-11,19H2,1-3H3/t14-,15-,16-/m0/s1. The predicted molar refractivity (Wildman–Crippen MR) is 88.7 cm³/mol. The van der Waals surface area contributed by atoms with E-state index in [-0.39, 0.29) is 29.6 Å². The lowest BCUT2D eigenvalue weighted by Gasteiger charge is -2.38. The average Bonchev–Trinajstić information content (AvgIpc) is 2.59. The summed E-state index contributed by atoms with van der Waals surface area (Å²) in [6.07, 6.45) is 0.692. The molecule has 1 aliphatic heterocycles. The van der Waals surface area contributed by atoms with Crippen molar-refractivity contribution in [2.75, 3.05) is 20.2 Å². The Kier molecular flexibility index (Phi) is 5.77. The topological polar surface area (TPSA) is 72.6 Å². The number of carbonyl (C=O) groups is 2. The van der Waals surface area contributed by atoms with Gasteiger partial charge in [-0.15, -0.1) is 0 Å². The van der Waals surface area contributed by atoms with Crippen molar-refractivity contribution in [2.24, 2.45) is 17.6 Å². The number of carbonyl (C=O) groups excluding carboxylic acids is 2. The number of nitrogens with two attached hydrogens (primary N) is 1. The highest BCUT2D eigenvalue weighted by atomic mass is 16.5. The van der Waals surface area contributed by atoms with E-state index < -0.39 is 6.04 Å². The van der Waals surface area contributed by atoms with Gasteiger partial charge in [-0.05, 0) is 17.9 Å². The second-order valence-electron chi connectivity index (χ2n) is 6.58. The Morgan fingerprint density at radius 3 is 2.43 bits per heavy atom. The first-order chi connectivity index (χ1) is 10.9. The van der Waals surface area contributed by atoms with Crippen LogP contribution in [0, 0.1) is 11.8 Å². The molecule has 1 amide bonds. The molecule has 5 nitrogen and oxygen atoms in total. The van der Waals surface area contributed by atoms with Gasteiger partial charge in [0.1, 0.15) is 0 Å². The van der Waals surface area contributed by atoms with Crippen LogP contribution >= 0.6 is 0 Å². The van der Waals surface area contributed by atoms with Crippen LogP contribution < -0.4 is 5.73 Å². The molecule has 1 aromatic rings. The van der Waals surface area contributed by atoms with Crippen molar-refractivity contribution in [1.29, 1.82) is 0 Å². The van der Waals surface area contributed by atoms with Gasteiger partial charge in [0.15, 0.2) is 0 Å². The molecule has 2 N–H and O–H groups in total. The Morgan fingerprint density at radius 1 is 1.22 bits per heavy atom. The quantitative estimate of drug-likeness (QED) is 0.859. The number of rotatable bonds is 4. The van der Waals surface area contributed by atoms with Crippen LogP contribution in [0.4, 0.5) is 0 Å². The molecule has 1 heterocycles. The average molecular weight is 318 g/mol. The minimum absolute atomic E-state index is 0.0659.